The number of halogens is 1. The van der Waals surface area contributed by atoms with E-state index in [1.807, 2.05) is 0 Å². The SMILES string of the molecule is Cc1cc(Br)ccc1CNCCCNC(C)C. The molecular formula is C14H23BrN2. The van der Waals surface area contributed by atoms with Gasteiger partial charge in [-0.15, -0.1) is 0 Å². The summed E-state index contributed by atoms with van der Waals surface area (Å²) in [5.74, 6) is 0. The molecule has 17 heavy (non-hydrogen) atoms. The highest BCUT2D eigenvalue weighted by molar-refractivity contribution is 9.10. The van der Waals surface area contributed by atoms with E-state index in [9.17, 15) is 0 Å². The molecular weight excluding hydrogens is 276 g/mol. The van der Waals surface area contributed by atoms with E-state index in [-0.39, 0.29) is 0 Å². The minimum atomic E-state index is 0.587. The van der Waals surface area contributed by atoms with Gasteiger partial charge in [-0.25, -0.2) is 0 Å². The molecule has 2 N–H and O–H groups in total. The van der Waals surface area contributed by atoms with Crippen LogP contribution in [0.1, 0.15) is 31.4 Å². The molecule has 0 spiro atoms. The van der Waals surface area contributed by atoms with Gasteiger partial charge in [0.25, 0.3) is 0 Å². The van der Waals surface area contributed by atoms with Crippen molar-refractivity contribution in [2.24, 2.45) is 0 Å². The summed E-state index contributed by atoms with van der Waals surface area (Å²) in [7, 11) is 0. The fourth-order valence-electron chi connectivity index (χ4n) is 1.68. The molecule has 0 amide bonds. The summed E-state index contributed by atoms with van der Waals surface area (Å²) in [6.45, 7) is 9.62. The van der Waals surface area contributed by atoms with Crippen LogP contribution in [0.3, 0.4) is 0 Å². The number of nitrogens with one attached hydrogen (secondary N) is 2. The van der Waals surface area contributed by atoms with Crippen molar-refractivity contribution in [3.63, 3.8) is 0 Å². The van der Waals surface area contributed by atoms with Crippen molar-refractivity contribution >= 4 is 15.9 Å². The summed E-state index contributed by atoms with van der Waals surface area (Å²) in [6, 6.07) is 7.03. The van der Waals surface area contributed by atoms with E-state index in [1.54, 1.807) is 0 Å². The standard InChI is InChI=1S/C14H23BrN2/c1-11(2)17-8-4-7-16-10-13-5-6-14(15)9-12(13)3/h5-6,9,11,16-17H,4,7-8,10H2,1-3H3. The van der Waals surface area contributed by atoms with Crippen molar-refractivity contribution in [2.45, 2.75) is 39.8 Å². The van der Waals surface area contributed by atoms with E-state index in [0.29, 0.717) is 6.04 Å². The topological polar surface area (TPSA) is 24.1 Å². The van der Waals surface area contributed by atoms with Gasteiger partial charge < -0.3 is 10.6 Å². The Morgan fingerprint density at radius 2 is 2.00 bits per heavy atom. The Morgan fingerprint density at radius 3 is 2.65 bits per heavy atom. The first-order valence-electron chi connectivity index (χ1n) is 6.28. The fourth-order valence-corrected chi connectivity index (χ4v) is 2.16. The van der Waals surface area contributed by atoms with Crippen LogP contribution in [0.2, 0.25) is 0 Å². The van der Waals surface area contributed by atoms with Gasteiger partial charge in [0.2, 0.25) is 0 Å². The molecule has 0 fully saturated rings. The first-order valence-corrected chi connectivity index (χ1v) is 7.08. The summed E-state index contributed by atoms with van der Waals surface area (Å²) in [4.78, 5) is 0. The Morgan fingerprint density at radius 1 is 1.24 bits per heavy atom. The summed E-state index contributed by atoms with van der Waals surface area (Å²) in [5, 5.41) is 6.90. The fraction of sp³-hybridized carbons (Fsp3) is 0.571. The lowest BCUT2D eigenvalue weighted by Crippen LogP contribution is -2.26. The van der Waals surface area contributed by atoms with Gasteiger partial charge in [-0.2, -0.15) is 0 Å². The Kier molecular flexibility index (Phi) is 6.78. The number of hydrogen-bond acceptors (Lipinski definition) is 2. The highest BCUT2D eigenvalue weighted by atomic mass is 79.9. The lowest BCUT2D eigenvalue weighted by molar-refractivity contribution is 0.547. The molecule has 0 aliphatic heterocycles. The molecule has 1 rings (SSSR count). The van der Waals surface area contributed by atoms with E-state index >= 15 is 0 Å². The van der Waals surface area contributed by atoms with Gasteiger partial charge in [-0.3, -0.25) is 0 Å². The van der Waals surface area contributed by atoms with Crippen LogP contribution in [-0.2, 0) is 6.54 Å². The molecule has 3 heteroatoms. The maximum Gasteiger partial charge on any atom is 0.0208 e. The normalized spacial score (nSPS) is 11.1. The molecule has 0 atom stereocenters. The highest BCUT2D eigenvalue weighted by Crippen LogP contribution is 2.15. The first kappa shape index (κ1) is 14.7. The third-order valence-electron chi connectivity index (χ3n) is 2.70. The van der Waals surface area contributed by atoms with Crippen LogP contribution in [-0.4, -0.2) is 19.1 Å². The minimum Gasteiger partial charge on any atom is -0.314 e. The number of benzene rings is 1. The van der Waals surface area contributed by atoms with Gasteiger partial charge in [0.05, 0.1) is 0 Å². The Balaban J connectivity index is 2.18. The largest absolute Gasteiger partial charge is 0.314 e. The second-order valence-corrected chi connectivity index (χ2v) is 5.63. The molecule has 0 bridgehead atoms. The third-order valence-corrected chi connectivity index (χ3v) is 3.20. The molecule has 96 valence electrons. The van der Waals surface area contributed by atoms with Crippen LogP contribution >= 0.6 is 15.9 Å². The van der Waals surface area contributed by atoms with E-state index in [1.165, 1.54) is 17.5 Å². The van der Waals surface area contributed by atoms with Gasteiger partial charge in [0, 0.05) is 17.1 Å². The van der Waals surface area contributed by atoms with Gasteiger partial charge in [0.15, 0.2) is 0 Å². The van der Waals surface area contributed by atoms with Crippen LogP contribution in [0.4, 0.5) is 0 Å². The van der Waals surface area contributed by atoms with E-state index in [4.69, 9.17) is 0 Å². The molecule has 0 aliphatic carbocycles. The predicted molar refractivity (Wildman–Crippen MR) is 78.3 cm³/mol. The van der Waals surface area contributed by atoms with E-state index in [2.05, 4.69) is 65.5 Å². The lowest BCUT2D eigenvalue weighted by Gasteiger charge is -2.10. The zero-order valence-corrected chi connectivity index (χ0v) is 12.6. The maximum atomic E-state index is 3.48. The molecule has 0 saturated heterocycles. The van der Waals surface area contributed by atoms with Crippen LogP contribution in [0.15, 0.2) is 22.7 Å². The second-order valence-electron chi connectivity index (χ2n) is 4.71. The van der Waals surface area contributed by atoms with Crippen molar-refractivity contribution in [3.8, 4) is 0 Å². The quantitative estimate of drug-likeness (QED) is 0.755. The molecule has 0 heterocycles. The smallest absolute Gasteiger partial charge is 0.0208 e. The molecule has 0 aliphatic rings. The molecule has 2 nitrogen and oxygen atoms in total. The lowest BCUT2D eigenvalue weighted by atomic mass is 10.1. The molecule has 0 aromatic heterocycles. The predicted octanol–water partition coefficient (Wildman–Crippen LogP) is 3.24. The summed E-state index contributed by atoms with van der Waals surface area (Å²) in [6.07, 6.45) is 1.17. The van der Waals surface area contributed by atoms with Crippen molar-refractivity contribution < 1.29 is 0 Å². The molecule has 1 aromatic rings. The zero-order chi connectivity index (χ0) is 12.7. The maximum absolute atomic E-state index is 3.48. The summed E-state index contributed by atoms with van der Waals surface area (Å²) < 4.78 is 1.15. The number of aryl methyl sites for hydroxylation is 1. The van der Waals surface area contributed by atoms with Crippen LogP contribution < -0.4 is 10.6 Å². The Hall–Kier alpha value is -0.380. The van der Waals surface area contributed by atoms with E-state index < -0.39 is 0 Å². The van der Waals surface area contributed by atoms with Gasteiger partial charge >= 0.3 is 0 Å². The van der Waals surface area contributed by atoms with Gasteiger partial charge in [0.1, 0.15) is 0 Å². The minimum absolute atomic E-state index is 0.587. The Labute approximate surface area is 113 Å². The highest BCUT2D eigenvalue weighted by Gasteiger charge is 1.98. The van der Waals surface area contributed by atoms with Crippen molar-refractivity contribution in [3.05, 3.63) is 33.8 Å². The third kappa shape index (κ3) is 6.20. The van der Waals surface area contributed by atoms with Gasteiger partial charge in [-0.1, -0.05) is 35.8 Å². The Bertz CT molecular complexity index is 337. The first-order chi connectivity index (χ1) is 8.09. The average molecular weight is 299 g/mol. The summed E-state index contributed by atoms with van der Waals surface area (Å²) >= 11 is 3.48. The summed E-state index contributed by atoms with van der Waals surface area (Å²) in [5.41, 5.74) is 2.72. The van der Waals surface area contributed by atoms with Gasteiger partial charge in [-0.05, 0) is 49.7 Å². The van der Waals surface area contributed by atoms with Crippen LogP contribution in [0.5, 0.6) is 0 Å². The van der Waals surface area contributed by atoms with Crippen molar-refractivity contribution in [1.82, 2.24) is 10.6 Å². The molecule has 1 aromatic carbocycles. The van der Waals surface area contributed by atoms with Crippen molar-refractivity contribution in [2.75, 3.05) is 13.1 Å². The van der Waals surface area contributed by atoms with Crippen molar-refractivity contribution in [1.29, 1.82) is 0 Å². The zero-order valence-electron chi connectivity index (χ0n) is 11.0. The molecule has 0 unspecified atom stereocenters. The number of rotatable bonds is 7. The molecule has 0 saturated carbocycles. The number of hydrogen-bond donors (Lipinski definition) is 2. The van der Waals surface area contributed by atoms with Crippen LogP contribution in [0.25, 0.3) is 0 Å². The molecule has 0 radical (unpaired) electrons. The van der Waals surface area contributed by atoms with Crippen LogP contribution in [0, 0.1) is 6.92 Å². The average Bonchev–Trinajstić information content (AvgIpc) is 2.25. The van der Waals surface area contributed by atoms with E-state index in [0.717, 1.165) is 24.1 Å². The monoisotopic (exact) mass is 298 g/mol. The second kappa shape index (κ2) is 7.85.